The summed E-state index contributed by atoms with van der Waals surface area (Å²) in [6.45, 7) is 1.22. The highest BCUT2D eigenvalue weighted by atomic mass is 32.2. The number of carbonyl (C=O) groups excluding carboxylic acids is 2. The lowest BCUT2D eigenvalue weighted by molar-refractivity contribution is -0.125. The third kappa shape index (κ3) is 5.28. The van der Waals surface area contributed by atoms with Crippen LogP contribution in [0.3, 0.4) is 0 Å². The van der Waals surface area contributed by atoms with Gasteiger partial charge in [0.1, 0.15) is 5.75 Å². The average molecular weight is 473 g/mol. The van der Waals surface area contributed by atoms with Gasteiger partial charge in [-0.3, -0.25) is 9.59 Å². The predicted molar refractivity (Wildman–Crippen MR) is 125 cm³/mol. The number of hydrogen-bond donors (Lipinski definition) is 2. The van der Waals surface area contributed by atoms with Gasteiger partial charge < -0.3 is 20.7 Å². The van der Waals surface area contributed by atoms with Crippen LogP contribution in [0.25, 0.3) is 0 Å². The summed E-state index contributed by atoms with van der Waals surface area (Å²) in [5.41, 5.74) is 6.60. The van der Waals surface area contributed by atoms with Crippen molar-refractivity contribution < 1.29 is 22.7 Å². The zero-order valence-electron chi connectivity index (χ0n) is 18.3. The molecule has 2 amide bonds. The Kier molecular flexibility index (Phi) is 6.85. The van der Waals surface area contributed by atoms with Gasteiger partial charge in [0, 0.05) is 18.8 Å². The molecule has 2 aromatic rings. The van der Waals surface area contributed by atoms with Crippen LogP contribution in [0.2, 0.25) is 0 Å². The predicted octanol–water partition coefficient (Wildman–Crippen LogP) is 1.94. The second-order valence-electron chi connectivity index (χ2n) is 8.25. The first-order valence-corrected chi connectivity index (χ1v) is 12.5. The molecule has 3 N–H and O–H groups in total. The van der Waals surface area contributed by atoms with E-state index < -0.39 is 22.0 Å². The topological polar surface area (TPSA) is 122 Å². The van der Waals surface area contributed by atoms with Gasteiger partial charge in [-0.1, -0.05) is 25.0 Å². The number of rotatable bonds is 6. The molecule has 0 bridgehead atoms. The average Bonchev–Trinajstić information content (AvgIpc) is 3.09. The first-order chi connectivity index (χ1) is 15.8. The molecule has 10 heteroatoms. The van der Waals surface area contributed by atoms with Gasteiger partial charge in [0.2, 0.25) is 15.9 Å². The normalized spacial score (nSPS) is 19.2. The molecule has 33 heavy (non-hydrogen) atoms. The molecule has 176 valence electrons. The lowest BCUT2D eigenvalue weighted by Gasteiger charge is -2.34. The number of carbonyl (C=O) groups is 2. The van der Waals surface area contributed by atoms with Crippen LogP contribution < -0.4 is 20.7 Å². The third-order valence-electron chi connectivity index (χ3n) is 5.85. The van der Waals surface area contributed by atoms with Gasteiger partial charge in [0.15, 0.2) is 6.10 Å². The molecule has 2 aliphatic rings. The van der Waals surface area contributed by atoms with Crippen molar-refractivity contribution in [2.45, 2.75) is 36.7 Å². The highest BCUT2D eigenvalue weighted by Gasteiger charge is 2.30. The lowest BCUT2D eigenvalue weighted by Crippen LogP contribution is -2.49. The Hall–Kier alpha value is -3.11. The number of primary amides is 1. The SMILES string of the molecule is NC(=O)[C@@H]1CN(CC(=O)Nc2ccc(S(=O)(=O)N3CCCCCC3)cc2)c2ccccc2O1. The van der Waals surface area contributed by atoms with Crippen LogP contribution in [-0.4, -0.2) is 56.8 Å². The van der Waals surface area contributed by atoms with E-state index in [0.29, 0.717) is 30.2 Å². The number of nitrogens with two attached hydrogens (primary N) is 1. The van der Waals surface area contributed by atoms with Crippen molar-refractivity contribution in [1.82, 2.24) is 4.31 Å². The van der Waals surface area contributed by atoms with Crippen LogP contribution in [0.4, 0.5) is 11.4 Å². The van der Waals surface area contributed by atoms with Crippen LogP contribution in [0.15, 0.2) is 53.4 Å². The Bertz CT molecular complexity index is 1110. The molecule has 2 heterocycles. The van der Waals surface area contributed by atoms with E-state index in [1.807, 2.05) is 12.1 Å². The van der Waals surface area contributed by atoms with E-state index in [2.05, 4.69) is 5.32 Å². The van der Waals surface area contributed by atoms with Crippen molar-refractivity contribution in [2.24, 2.45) is 5.73 Å². The molecular formula is C23H28N4O5S. The van der Waals surface area contributed by atoms with Gasteiger partial charge in [-0.2, -0.15) is 4.31 Å². The number of amides is 2. The molecule has 0 radical (unpaired) electrons. The van der Waals surface area contributed by atoms with Gasteiger partial charge in [0.05, 0.1) is 23.7 Å². The number of anilines is 2. The fourth-order valence-electron chi connectivity index (χ4n) is 4.12. The Morgan fingerprint density at radius 1 is 1.00 bits per heavy atom. The number of benzene rings is 2. The molecular weight excluding hydrogens is 444 g/mol. The quantitative estimate of drug-likeness (QED) is 0.663. The Balaban J connectivity index is 1.42. The minimum Gasteiger partial charge on any atom is -0.477 e. The molecule has 1 atom stereocenters. The molecule has 2 aliphatic heterocycles. The molecule has 0 unspecified atom stereocenters. The summed E-state index contributed by atoms with van der Waals surface area (Å²) in [5, 5.41) is 2.79. The molecule has 9 nitrogen and oxygen atoms in total. The highest BCUT2D eigenvalue weighted by Crippen LogP contribution is 2.33. The van der Waals surface area contributed by atoms with E-state index in [1.165, 1.54) is 12.1 Å². The smallest absolute Gasteiger partial charge is 0.260 e. The van der Waals surface area contributed by atoms with Crippen LogP contribution in [0.1, 0.15) is 25.7 Å². The number of hydrogen-bond acceptors (Lipinski definition) is 6. The molecule has 0 spiro atoms. The molecule has 4 rings (SSSR count). The number of sulfonamides is 1. The van der Waals surface area contributed by atoms with Crippen LogP contribution in [0, 0.1) is 0 Å². The van der Waals surface area contributed by atoms with Crippen LogP contribution in [0.5, 0.6) is 5.75 Å². The summed E-state index contributed by atoms with van der Waals surface area (Å²) in [4.78, 5) is 26.3. The maximum Gasteiger partial charge on any atom is 0.260 e. The zero-order valence-corrected chi connectivity index (χ0v) is 19.1. The molecule has 0 aliphatic carbocycles. The van der Waals surface area contributed by atoms with Crippen LogP contribution in [-0.2, 0) is 19.6 Å². The van der Waals surface area contributed by atoms with Gasteiger partial charge in [-0.05, 0) is 49.2 Å². The number of ether oxygens (including phenoxy) is 1. The van der Waals surface area contributed by atoms with Gasteiger partial charge >= 0.3 is 0 Å². The maximum absolute atomic E-state index is 12.9. The Morgan fingerprint density at radius 3 is 2.33 bits per heavy atom. The van der Waals surface area contributed by atoms with Crippen molar-refractivity contribution in [3.8, 4) is 5.75 Å². The highest BCUT2D eigenvalue weighted by molar-refractivity contribution is 7.89. The van der Waals surface area contributed by atoms with Crippen molar-refractivity contribution in [2.75, 3.05) is 36.4 Å². The number of nitrogens with one attached hydrogen (secondary N) is 1. The van der Waals surface area contributed by atoms with Gasteiger partial charge in [-0.25, -0.2) is 8.42 Å². The van der Waals surface area contributed by atoms with E-state index >= 15 is 0 Å². The van der Waals surface area contributed by atoms with E-state index in [9.17, 15) is 18.0 Å². The molecule has 0 aromatic heterocycles. The standard InChI is InChI=1S/C23H28N4O5S/c24-23(29)21-15-26(19-7-3-4-8-20(19)32-21)16-22(28)25-17-9-11-18(12-10-17)33(30,31)27-13-5-1-2-6-14-27/h3-4,7-12,21H,1-2,5-6,13-16H2,(H2,24,29)(H,25,28)/t21-/m0/s1. The van der Waals surface area contributed by atoms with E-state index in [-0.39, 0.29) is 23.9 Å². The summed E-state index contributed by atoms with van der Waals surface area (Å²) in [5.74, 6) is -0.419. The first-order valence-electron chi connectivity index (χ1n) is 11.0. The zero-order chi connectivity index (χ0) is 23.4. The fraction of sp³-hybridized carbons (Fsp3) is 0.391. The van der Waals surface area contributed by atoms with Gasteiger partial charge in [-0.15, -0.1) is 0 Å². The second-order valence-corrected chi connectivity index (χ2v) is 10.2. The molecule has 0 saturated carbocycles. The molecule has 1 fully saturated rings. The van der Waals surface area contributed by atoms with Crippen LogP contribution >= 0.6 is 0 Å². The monoisotopic (exact) mass is 472 g/mol. The van der Waals surface area contributed by atoms with Gasteiger partial charge in [0.25, 0.3) is 5.91 Å². The third-order valence-corrected chi connectivity index (χ3v) is 7.77. The number of para-hydroxylation sites is 2. The minimum atomic E-state index is -3.55. The Labute approximate surface area is 193 Å². The summed E-state index contributed by atoms with van der Waals surface area (Å²) in [7, 11) is -3.55. The fourth-order valence-corrected chi connectivity index (χ4v) is 5.64. The summed E-state index contributed by atoms with van der Waals surface area (Å²) < 4.78 is 33.0. The number of fused-ring (bicyclic) bond motifs is 1. The Morgan fingerprint density at radius 2 is 1.67 bits per heavy atom. The van der Waals surface area contributed by atoms with Crippen molar-refractivity contribution >= 4 is 33.2 Å². The minimum absolute atomic E-state index is 0.0159. The number of nitrogens with zero attached hydrogens (tertiary/aromatic N) is 2. The summed E-state index contributed by atoms with van der Waals surface area (Å²) in [6.07, 6.45) is 2.98. The molecule has 1 saturated heterocycles. The van der Waals surface area contributed by atoms with Crippen molar-refractivity contribution in [3.63, 3.8) is 0 Å². The van der Waals surface area contributed by atoms with E-state index in [1.54, 1.807) is 33.5 Å². The largest absolute Gasteiger partial charge is 0.477 e. The van der Waals surface area contributed by atoms with Crippen molar-refractivity contribution in [3.05, 3.63) is 48.5 Å². The summed E-state index contributed by atoms with van der Waals surface area (Å²) >= 11 is 0. The maximum atomic E-state index is 12.9. The lowest BCUT2D eigenvalue weighted by atomic mass is 10.1. The first kappa shape index (κ1) is 23.1. The summed E-state index contributed by atoms with van der Waals surface area (Å²) in [6, 6.07) is 13.3. The van der Waals surface area contributed by atoms with E-state index in [4.69, 9.17) is 10.5 Å². The molecule has 2 aromatic carbocycles. The van der Waals surface area contributed by atoms with Crippen molar-refractivity contribution in [1.29, 1.82) is 0 Å². The van der Waals surface area contributed by atoms with E-state index in [0.717, 1.165) is 25.7 Å². The second kappa shape index (κ2) is 9.80.